The van der Waals surface area contributed by atoms with E-state index in [9.17, 15) is 10.1 Å². The molecule has 1 aromatic rings. The summed E-state index contributed by atoms with van der Waals surface area (Å²) in [5.41, 5.74) is 6.82. The van der Waals surface area contributed by atoms with E-state index in [0.717, 1.165) is 31.7 Å². The predicted molar refractivity (Wildman–Crippen MR) is 71.7 cm³/mol. The van der Waals surface area contributed by atoms with E-state index in [0.29, 0.717) is 5.92 Å². The van der Waals surface area contributed by atoms with Crippen molar-refractivity contribution in [1.82, 2.24) is 0 Å². The molecule has 0 aromatic heterocycles. The fourth-order valence-electron chi connectivity index (χ4n) is 2.56. The maximum absolute atomic E-state index is 10.6. The molecule has 0 radical (unpaired) electrons. The summed E-state index contributed by atoms with van der Waals surface area (Å²) in [5, 5.41) is 10.6. The molecule has 2 N–H and O–H groups in total. The first kappa shape index (κ1) is 12.8. The molecule has 1 aromatic carbocycles. The van der Waals surface area contributed by atoms with Crippen LogP contribution in [0.25, 0.3) is 0 Å². The molecule has 0 aliphatic carbocycles. The van der Waals surface area contributed by atoms with E-state index >= 15 is 0 Å². The summed E-state index contributed by atoms with van der Waals surface area (Å²) in [4.78, 5) is 12.5. The number of rotatable bonds is 4. The minimum absolute atomic E-state index is 0.147. The second-order valence-corrected chi connectivity index (χ2v) is 4.81. The third kappa shape index (κ3) is 2.98. The van der Waals surface area contributed by atoms with Crippen LogP contribution in [-0.4, -0.2) is 24.6 Å². The average molecular weight is 249 g/mol. The first-order valence-corrected chi connectivity index (χ1v) is 6.40. The lowest BCUT2D eigenvalue weighted by Crippen LogP contribution is -2.36. The number of nitrogens with zero attached hydrogens (tertiary/aromatic N) is 2. The number of benzene rings is 1. The Morgan fingerprint density at radius 3 is 2.72 bits per heavy atom. The van der Waals surface area contributed by atoms with Crippen molar-refractivity contribution in [1.29, 1.82) is 0 Å². The second-order valence-electron chi connectivity index (χ2n) is 4.81. The van der Waals surface area contributed by atoms with Crippen molar-refractivity contribution in [3.63, 3.8) is 0 Å². The molecule has 1 saturated heterocycles. The summed E-state index contributed by atoms with van der Waals surface area (Å²) in [5.74, 6) is 0.652. The molecule has 1 unspecified atom stereocenters. The van der Waals surface area contributed by atoms with Gasteiger partial charge in [0.25, 0.3) is 5.69 Å². The van der Waals surface area contributed by atoms with Gasteiger partial charge in [0, 0.05) is 30.9 Å². The number of anilines is 1. The fourth-order valence-corrected chi connectivity index (χ4v) is 2.56. The van der Waals surface area contributed by atoms with Crippen LogP contribution in [0.4, 0.5) is 11.4 Å². The number of hydrogen-bond donors (Lipinski definition) is 1. The molecule has 5 nitrogen and oxygen atoms in total. The zero-order chi connectivity index (χ0) is 13.0. The summed E-state index contributed by atoms with van der Waals surface area (Å²) in [6.07, 6.45) is 3.46. The van der Waals surface area contributed by atoms with Gasteiger partial charge >= 0.3 is 0 Å². The van der Waals surface area contributed by atoms with Crippen LogP contribution < -0.4 is 10.6 Å². The molecule has 2 rings (SSSR count). The summed E-state index contributed by atoms with van der Waals surface area (Å²) < 4.78 is 0. The van der Waals surface area contributed by atoms with Crippen molar-refractivity contribution in [2.45, 2.75) is 19.3 Å². The Morgan fingerprint density at radius 1 is 1.39 bits per heavy atom. The lowest BCUT2D eigenvalue weighted by molar-refractivity contribution is -0.384. The van der Waals surface area contributed by atoms with Crippen LogP contribution in [0.5, 0.6) is 0 Å². The smallest absolute Gasteiger partial charge is 0.269 e. The number of nitrogens with two attached hydrogens (primary N) is 1. The van der Waals surface area contributed by atoms with E-state index in [1.54, 1.807) is 12.1 Å². The maximum atomic E-state index is 10.6. The topological polar surface area (TPSA) is 72.4 Å². The molecule has 0 spiro atoms. The molecule has 0 bridgehead atoms. The van der Waals surface area contributed by atoms with E-state index < -0.39 is 0 Å². The standard InChI is InChI=1S/C13H19N3O2/c14-8-7-11-2-1-9-15(10-11)12-3-5-13(6-4-12)16(17)18/h3-6,11H,1-2,7-10,14H2. The largest absolute Gasteiger partial charge is 0.371 e. The number of hydrogen-bond acceptors (Lipinski definition) is 4. The van der Waals surface area contributed by atoms with Crippen molar-refractivity contribution >= 4 is 11.4 Å². The first-order chi connectivity index (χ1) is 8.70. The van der Waals surface area contributed by atoms with Crippen LogP contribution in [0.2, 0.25) is 0 Å². The molecule has 1 atom stereocenters. The van der Waals surface area contributed by atoms with Gasteiger partial charge in [0.2, 0.25) is 0 Å². The first-order valence-electron chi connectivity index (χ1n) is 6.40. The molecule has 98 valence electrons. The number of piperidine rings is 1. The zero-order valence-electron chi connectivity index (χ0n) is 10.4. The second kappa shape index (κ2) is 5.82. The van der Waals surface area contributed by atoms with Gasteiger partial charge in [-0.15, -0.1) is 0 Å². The predicted octanol–water partition coefficient (Wildman–Crippen LogP) is 2.16. The molecule has 0 amide bonds. The molecule has 1 aliphatic rings. The highest BCUT2D eigenvalue weighted by Crippen LogP contribution is 2.26. The monoisotopic (exact) mass is 249 g/mol. The summed E-state index contributed by atoms with van der Waals surface area (Å²) in [7, 11) is 0. The van der Waals surface area contributed by atoms with Crippen molar-refractivity contribution in [3.8, 4) is 0 Å². The SMILES string of the molecule is NCCC1CCCN(c2ccc([N+](=O)[O-])cc2)C1. The Hall–Kier alpha value is -1.62. The Kier molecular flexibility index (Phi) is 4.15. The molecule has 1 aliphatic heterocycles. The van der Waals surface area contributed by atoms with Crippen LogP contribution >= 0.6 is 0 Å². The molecular weight excluding hydrogens is 230 g/mol. The highest BCUT2D eigenvalue weighted by molar-refractivity contribution is 5.51. The van der Waals surface area contributed by atoms with Gasteiger partial charge in [-0.1, -0.05) is 0 Å². The molecule has 1 heterocycles. The van der Waals surface area contributed by atoms with E-state index in [2.05, 4.69) is 4.90 Å². The lowest BCUT2D eigenvalue weighted by atomic mass is 9.94. The third-order valence-corrected chi connectivity index (χ3v) is 3.52. The highest BCUT2D eigenvalue weighted by atomic mass is 16.6. The third-order valence-electron chi connectivity index (χ3n) is 3.52. The van der Waals surface area contributed by atoms with Crippen LogP contribution in [0.15, 0.2) is 24.3 Å². The van der Waals surface area contributed by atoms with E-state index in [1.165, 1.54) is 12.8 Å². The van der Waals surface area contributed by atoms with Gasteiger partial charge < -0.3 is 10.6 Å². The van der Waals surface area contributed by atoms with Gasteiger partial charge in [0.1, 0.15) is 0 Å². The quantitative estimate of drug-likeness (QED) is 0.655. The van der Waals surface area contributed by atoms with Crippen molar-refractivity contribution in [2.75, 3.05) is 24.5 Å². The van der Waals surface area contributed by atoms with Crippen LogP contribution in [0.3, 0.4) is 0 Å². The summed E-state index contributed by atoms with van der Waals surface area (Å²) >= 11 is 0. The molecule has 1 fully saturated rings. The van der Waals surface area contributed by atoms with Crippen molar-refractivity contribution in [3.05, 3.63) is 34.4 Å². The Morgan fingerprint density at radius 2 is 2.11 bits per heavy atom. The summed E-state index contributed by atoms with van der Waals surface area (Å²) in [6, 6.07) is 6.82. The lowest BCUT2D eigenvalue weighted by Gasteiger charge is -2.34. The minimum Gasteiger partial charge on any atom is -0.371 e. The van der Waals surface area contributed by atoms with Gasteiger partial charge in [-0.05, 0) is 43.9 Å². The van der Waals surface area contributed by atoms with Gasteiger partial charge in [0.05, 0.1) is 4.92 Å². The highest BCUT2D eigenvalue weighted by Gasteiger charge is 2.19. The van der Waals surface area contributed by atoms with Crippen LogP contribution in [0.1, 0.15) is 19.3 Å². The zero-order valence-corrected chi connectivity index (χ0v) is 10.4. The Labute approximate surface area is 107 Å². The Bertz CT molecular complexity index is 403. The van der Waals surface area contributed by atoms with Crippen molar-refractivity contribution in [2.24, 2.45) is 11.7 Å². The van der Waals surface area contributed by atoms with E-state index in [4.69, 9.17) is 5.73 Å². The number of non-ortho nitro benzene ring substituents is 1. The maximum Gasteiger partial charge on any atom is 0.269 e. The van der Waals surface area contributed by atoms with Gasteiger partial charge in [0.15, 0.2) is 0 Å². The minimum atomic E-state index is -0.364. The number of nitro groups is 1. The summed E-state index contributed by atoms with van der Waals surface area (Å²) in [6.45, 7) is 2.77. The average Bonchev–Trinajstić information content (AvgIpc) is 2.39. The fraction of sp³-hybridized carbons (Fsp3) is 0.538. The van der Waals surface area contributed by atoms with Crippen LogP contribution in [0, 0.1) is 16.0 Å². The molecule has 5 heteroatoms. The molecular formula is C13H19N3O2. The molecule has 0 saturated carbocycles. The normalized spacial score (nSPS) is 19.8. The van der Waals surface area contributed by atoms with Gasteiger partial charge in [-0.25, -0.2) is 0 Å². The van der Waals surface area contributed by atoms with E-state index in [1.807, 2.05) is 12.1 Å². The Balaban J connectivity index is 2.04. The van der Waals surface area contributed by atoms with E-state index in [-0.39, 0.29) is 10.6 Å². The number of nitro benzene ring substituents is 1. The van der Waals surface area contributed by atoms with Gasteiger partial charge in [-0.3, -0.25) is 10.1 Å². The van der Waals surface area contributed by atoms with Gasteiger partial charge in [-0.2, -0.15) is 0 Å². The molecule has 18 heavy (non-hydrogen) atoms. The van der Waals surface area contributed by atoms with Crippen LogP contribution in [-0.2, 0) is 0 Å². The van der Waals surface area contributed by atoms with Crippen molar-refractivity contribution < 1.29 is 4.92 Å².